The molecule has 7 nitrogen and oxygen atoms in total. The molecule has 0 aromatic heterocycles. The molecule has 3 N–H and O–H groups in total. The highest BCUT2D eigenvalue weighted by atomic mass is 35.5. The Balaban J connectivity index is 1.37. The van der Waals surface area contributed by atoms with E-state index < -0.39 is 0 Å². The molecule has 0 bridgehead atoms. The second-order valence-electron chi connectivity index (χ2n) is 6.67. The van der Waals surface area contributed by atoms with E-state index in [0.29, 0.717) is 35.4 Å². The van der Waals surface area contributed by atoms with Crippen molar-refractivity contribution in [3.63, 3.8) is 0 Å². The molecule has 2 aromatic carbocycles. The standard InChI is InChI=1S/C20H22ClN3O4/c1-24(12-20(26)23-15-8-6-14(21)7-9-15)11-19(25)22-10-16-13-27-17-4-2-3-5-18(17)28-16/h2-9,16H,10-13H2,1H3,(H,22,25)(H,23,26)/p+1/t16-/m0/s1. The highest BCUT2D eigenvalue weighted by Crippen LogP contribution is 2.30. The molecule has 0 saturated heterocycles. The summed E-state index contributed by atoms with van der Waals surface area (Å²) in [5.41, 5.74) is 0.668. The van der Waals surface area contributed by atoms with E-state index in [1.165, 1.54) is 0 Å². The Kier molecular flexibility index (Phi) is 6.73. The van der Waals surface area contributed by atoms with Crippen LogP contribution in [0.2, 0.25) is 5.02 Å². The number of rotatable bonds is 7. The third-order valence-electron chi connectivity index (χ3n) is 4.15. The number of carbonyl (C=O) groups is 2. The van der Waals surface area contributed by atoms with E-state index in [0.717, 1.165) is 4.90 Å². The smallest absolute Gasteiger partial charge is 0.279 e. The molecule has 28 heavy (non-hydrogen) atoms. The minimum Gasteiger partial charge on any atom is -0.486 e. The van der Waals surface area contributed by atoms with E-state index in [4.69, 9.17) is 21.1 Å². The van der Waals surface area contributed by atoms with E-state index >= 15 is 0 Å². The van der Waals surface area contributed by atoms with Crippen LogP contribution in [0.3, 0.4) is 0 Å². The predicted octanol–water partition coefficient (Wildman–Crippen LogP) is 0.749. The largest absolute Gasteiger partial charge is 0.486 e. The Bertz CT molecular complexity index is 828. The number of fused-ring (bicyclic) bond motifs is 1. The van der Waals surface area contributed by atoms with Gasteiger partial charge in [0.15, 0.2) is 24.6 Å². The molecule has 0 aliphatic carbocycles. The lowest BCUT2D eigenvalue weighted by molar-refractivity contribution is -0.862. The second-order valence-corrected chi connectivity index (χ2v) is 7.10. The predicted molar refractivity (Wildman–Crippen MR) is 106 cm³/mol. The topological polar surface area (TPSA) is 81.1 Å². The van der Waals surface area contributed by atoms with Crippen molar-refractivity contribution in [2.24, 2.45) is 0 Å². The minimum atomic E-state index is -0.243. The third-order valence-corrected chi connectivity index (χ3v) is 4.40. The van der Waals surface area contributed by atoms with Gasteiger partial charge in [-0.3, -0.25) is 9.59 Å². The molecule has 1 unspecified atom stereocenters. The van der Waals surface area contributed by atoms with Gasteiger partial charge in [0.1, 0.15) is 12.7 Å². The number of anilines is 1. The fourth-order valence-corrected chi connectivity index (χ4v) is 2.93. The van der Waals surface area contributed by atoms with Crippen LogP contribution in [0.1, 0.15) is 0 Å². The van der Waals surface area contributed by atoms with Gasteiger partial charge in [-0.2, -0.15) is 0 Å². The first-order valence-electron chi connectivity index (χ1n) is 9.01. The van der Waals surface area contributed by atoms with Gasteiger partial charge in [0, 0.05) is 10.7 Å². The summed E-state index contributed by atoms with van der Waals surface area (Å²) < 4.78 is 11.4. The molecule has 2 aromatic rings. The van der Waals surface area contributed by atoms with Crippen molar-refractivity contribution in [2.45, 2.75) is 6.10 Å². The van der Waals surface area contributed by atoms with Gasteiger partial charge in [0.25, 0.3) is 11.8 Å². The number of carbonyl (C=O) groups excluding carboxylic acids is 2. The Labute approximate surface area is 168 Å². The number of likely N-dealkylation sites (N-methyl/N-ethyl adjacent to an activating group) is 1. The van der Waals surface area contributed by atoms with E-state index in [-0.39, 0.29) is 31.0 Å². The van der Waals surface area contributed by atoms with Gasteiger partial charge >= 0.3 is 0 Å². The summed E-state index contributed by atoms with van der Waals surface area (Å²) in [6.45, 7) is 1.07. The molecule has 2 amide bonds. The van der Waals surface area contributed by atoms with Gasteiger partial charge < -0.3 is 25.0 Å². The number of hydrogen-bond donors (Lipinski definition) is 3. The average Bonchev–Trinajstić information content (AvgIpc) is 2.68. The molecule has 0 radical (unpaired) electrons. The van der Waals surface area contributed by atoms with Crippen LogP contribution in [0.15, 0.2) is 48.5 Å². The molecule has 0 saturated carbocycles. The number of hydrogen-bond acceptors (Lipinski definition) is 4. The molecule has 2 atom stereocenters. The number of halogens is 1. The van der Waals surface area contributed by atoms with Crippen molar-refractivity contribution in [1.82, 2.24) is 5.32 Å². The van der Waals surface area contributed by atoms with Crippen LogP contribution in [0, 0.1) is 0 Å². The summed E-state index contributed by atoms with van der Waals surface area (Å²) in [5.74, 6) is 1.06. The highest BCUT2D eigenvalue weighted by Gasteiger charge is 2.22. The van der Waals surface area contributed by atoms with Crippen LogP contribution in [0.5, 0.6) is 11.5 Å². The maximum Gasteiger partial charge on any atom is 0.279 e. The number of benzene rings is 2. The van der Waals surface area contributed by atoms with Crippen LogP contribution < -0.4 is 25.0 Å². The summed E-state index contributed by atoms with van der Waals surface area (Å²) in [6.07, 6.45) is -0.243. The summed E-state index contributed by atoms with van der Waals surface area (Å²) in [7, 11) is 1.79. The molecule has 1 heterocycles. The number of nitrogens with one attached hydrogen (secondary N) is 3. The first kappa shape index (κ1) is 20.0. The maximum atomic E-state index is 12.1. The lowest BCUT2D eigenvalue weighted by Crippen LogP contribution is -3.11. The quantitative estimate of drug-likeness (QED) is 0.636. The minimum absolute atomic E-state index is 0.153. The lowest BCUT2D eigenvalue weighted by Gasteiger charge is -2.26. The van der Waals surface area contributed by atoms with E-state index in [1.54, 1.807) is 31.3 Å². The number of amides is 2. The Hall–Kier alpha value is -2.77. The SMILES string of the molecule is C[NH+](CC(=O)NC[C@H]1COc2ccccc2O1)CC(=O)Nc1ccc(Cl)cc1. The van der Waals surface area contributed by atoms with Crippen LogP contribution in [0.25, 0.3) is 0 Å². The normalized spacial score (nSPS) is 16.1. The van der Waals surface area contributed by atoms with Crippen LogP contribution >= 0.6 is 11.6 Å². The van der Waals surface area contributed by atoms with E-state index in [2.05, 4.69) is 10.6 Å². The molecule has 8 heteroatoms. The van der Waals surface area contributed by atoms with Gasteiger partial charge in [0.2, 0.25) is 0 Å². The average molecular weight is 405 g/mol. The molecule has 148 valence electrons. The second kappa shape index (κ2) is 9.43. The first-order chi connectivity index (χ1) is 13.5. The molecular weight excluding hydrogens is 382 g/mol. The zero-order valence-corrected chi connectivity index (χ0v) is 16.3. The Morgan fingerprint density at radius 1 is 1.07 bits per heavy atom. The molecule has 1 aliphatic rings. The van der Waals surface area contributed by atoms with E-state index in [1.807, 2.05) is 24.3 Å². The first-order valence-corrected chi connectivity index (χ1v) is 9.39. The zero-order valence-electron chi connectivity index (χ0n) is 15.5. The number of para-hydroxylation sites is 2. The lowest BCUT2D eigenvalue weighted by atomic mass is 10.2. The maximum absolute atomic E-state index is 12.1. The summed E-state index contributed by atoms with van der Waals surface area (Å²) in [4.78, 5) is 25.0. The molecule has 0 fully saturated rings. The van der Waals surface area contributed by atoms with Gasteiger partial charge in [-0.25, -0.2) is 0 Å². The van der Waals surface area contributed by atoms with Crippen molar-refractivity contribution in [1.29, 1.82) is 0 Å². The highest BCUT2D eigenvalue weighted by molar-refractivity contribution is 6.30. The Morgan fingerprint density at radius 2 is 1.75 bits per heavy atom. The zero-order chi connectivity index (χ0) is 19.9. The monoisotopic (exact) mass is 404 g/mol. The van der Waals surface area contributed by atoms with Gasteiger partial charge in [-0.15, -0.1) is 0 Å². The summed E-state index contributed by atoms with van der Waals surface area (Å²) >= 11 is 5.82. The van der Waals surface area contributed by atoms with Crippen LogP contribution in [0.4, 0.5) is 5.69 Å². The van der Waals surface area contributed by atoms with Gasteiger partial charge in [-0.1, -0.05) is 23.7 Å². The summed E-state index contributed by atoms with van der Waals surface area (Å²) in [5, 5.41) is 6.22. The van der Waals surface area contributed by atoms with Crippen LogP contribution in [-0.2, 0) is 9.59 Å². The fraction of sp³-hybridized carbons (Fsp3) is 0.300. The molecule has 3 rings (SSSR count). The van der Waals surface area contributed by atoms with Crippen LogP contribution in [-0.4, -0.2) is 51.2 Å². The van der Waals surface area contributed by atoms with Gasteiger partial charge in [0.05, 0.1) is 13.6 Å². The van der Waals surface area contributed by atoms with Gasteiger partial charge in [-0.05, 0) is 36.4 Å². The third kappa shape index (κ3) is 5.87. The number of ether oxygens (including phenoxy) is 2. The summed E-state index contributed by atoms with van der Waals surface area (Å²) in [6, 6.07) is 14.3. The van der Waals surface area contributed by atoms with Crippen molar-refractivity contribution >= 4 is 29.1 Å². The fourth-order valence-electron chi connectivity index (χ4n) is 2.80. The van der Waals surface area contributed by atoms with Crippen molar-refractivity contribution in [3.05, 3.63) is 53.6 Å². The van der Waals surface area contributed by atoms with Crippen molar-refractivity contribution in [3.8, 4) is 11.5 Å². The molecule has 1 aliphatic heterocycles. The number of quaternary nitrogens is 1. The van der Waals surface area contributed by atoms with E-state index in [9.17, 15) is 9.59 Å². The van der Waals surface area contributed by atoms with Crippen molar-refractivity contribution < 1.29 is 24.0 Å². The molecular formula is C20H23ClN3O4+. The Morgan fingerprint density at radius 3 is 2.50 bits per heavy atom. The van der Waals surface area contributed by atoms with Crippen molar-refractivity contribution in [2.75, 3.05) is 38.6 Å². The molecule has 0 spiro atoms.